The summed E-state index contributed by atoms with van der Waals surface area (Å²) in [6.07, 6.45) is 5.26. The summed E-state index contributed by atoms with van der Waals surface area (Å²) in [5.41, 5.74) is 5.98. The number of nitrogens with one attached hydrogen (secondary N) is 1. The lowest BCUT2D eigenvalue weighted by Crippen LogP contribution is -2.52. The van der Waals surface area contributed by atoms with Crippen molar-refractivity contribution in [2.24, 2.45) is 5.92 Å². The number of fused-ring (bicyclic) bond motifs is 1. The summed E-state index contributed by atoms with van der Waals surface area (Å²) in [6, 6.07) is 23.8. The topological polar surface area (TPSA) is 79.3 Å². The minimum absolute atomic E-state index is 0.103. The highest BCUT2D eigenvalue weighted by Crippen LogP contribution is 2.42. The van der Waals surface area contributed by atoms with Crippen LogP contribution in [0.4, 0.5) is 0 Å². The van der Waals surface area contributed by atoms with Crippen molar-refractivity contribution in [3.05, 3.63) is 106 Å². The molecule has 5 rings (SSSR count). The molecule has 2 atom stereocenters. The molecule has 5 nitrogen and oxygen atoms in total. The number of rotatable bonds is 8. The van der Waals surface area contributed by atoms with Crippen LogP contribution in [-0.4, -0.2) is 34.4 Å². The first-order valence-electron chi connectivity index (χ1n) is 13.7. The van der Waals surface area contributed by atoms with E-state index in [1.165, 1.54) is 0 Å². The average molecular weight is 598 g/mol. The van der Waals surface area contributed by atoms with Crippen molar-refractivity contribution in [3.8, 4) is 11.3 Å². The largest absolute Gasteiger partial charge is 0.396 e. The van der Waals surface area contributed by atoms with Gasteiger partial charge >= 0.3 is 0 Å². The lowest BCUT2D eigenvalue weighted by Gasteiger charge is -2.42. The van der Waals surface area contributed by atoms with Crippen LogP contribution < -0.4 is 5.32 Å². The minimum Gasteiger partial charge on any atom is -0.396 e. The van der Waals surface area contributed by atoms with Gasteiger partial charge in [0.1, 0.15) is 6.29 Å². The Morgan fingerprint density at radius 3 is 2.60 bits per heavy atom. The molecule has 0 spiro atoms. The number of carbonyl (C=O) groups is 2. The Labute approximate surface area is 243 Å². The fourth-order valence-corrected chi connectivity index (χ4v) is 6.34. The van der Waals surface area contributed by atoms with E-state index in [9.17, 15) is 14.7 Å². The van der Waals surface area contributed by atoms with Gasteiger partial charge in [0.15, 0.2) is 0 Å². The van der Waals surface area contributed by atoms with Crippen molar-refractivity contribution >= 4 is 44.6 Å². The first kappa shape index (κ1) is 27.9. The highest BCUT2D eigenvalue weighted by molar-refractivity contribution is 9.10. The number of hydrogen-bond acceptors (Lipinski definition) is 4. The van der Waals surface area contributed by atoms with Gasteiger partial charge in [-0.1, -0.05) is 83.5 Å². The number of benzene rings is 3. The van der Waals surface area contributed by atoms with E-state index in [2.05, 4.69) is 34.2 Å². The molecule has 204 valence electrons. The van der Waals surface area contributed by atoms with Gasteiger partial charge in [-0.05, 0) is 73.1 Å². The average Bonchev–Trinajstić information content (AvgIpc) is 2.97. The summed E-state index contributed by atoms with van der Waals surface area (Å²) >= 11 is 3.57. The molecule has 0 fully saturated rings. The van der Waals surface area contributed by atoms with Crippen molar-refractivity contribution in [2.75, 3.05) is 6.61 Å². The molecule has 2 unspecified atom stereocenters. The van der Waals surface area contributed by atoms with E-state index in [1.807, 2.05) is 79.7 Å². The maximum Gasteiger partial charge on any atom is 0.253 e. The van der Waals surface area contributed by atoms with E-state index >= 15 is 0 Å². The van der Waals surface area contributed by atoms with Gasteiger partial charge in [-0.3, -0.25) is 4.79 Å². The molecule has 1 heterocycles. The predicted molar refractivity (Wildman–Crippen MR) is 164 cm³/mol. The van der Waals surface area contributed by atoms with Crippen molar-refractivity contribution < 1.29 is 14.7 Å². The monoisotopic (exact) mass is 596 g/mol. The molecule has 1 amide bonds. The van der Waals surface area contributed by atoms with E-state index in [-0.39, 0.29) is 18.4 Å². The SMILES string of the molecule is CCc1ccccc1C1=CC(C=O)CCC1(CCO)NC(=O)c1c(C)c(-c2ccccc2)nc2ccc(Br)cc12. The molecule has 1 aromatic heterocycles. The Balaban J connectivity index is 1.69. The molecule has 6 heteroatoms. The fraction of sp³-hybridized carbons (Fsp3) is 0.265. The van der Waals surface area contributed by atoms with Crippen LogP contribution >= 0.6 is 15.9 Å². The van der Waals surface area contributed by atoms with E-state index in [0.29, 0.717) is 24.8 Å². The van der Waals surface area contributed by atoms with Crippen LogP contribution in [-0.2, 0) is 11.2 Å². The Morgan fingerprint density at radius 1 is 1.12 bits per heavy atom. The molecule has 3 aromatic carbocycles. The third kappa shape index (κ3) is 5.26. The third-order valence-electron chi connectivity index (χ3n) is 8.02. The van der Waals surface area contributed by atoms with Gasteiger partial charge < -0.3 is 15.2 Å². The van der Waals surface area contributed by atoms with E-state index < -0.39 is 5.54 Å². The zero-order valence-electron chi connectivity index (χ0n) is 22.8. The quantitative estimate of drug-likeness (QED) is 0.213. The van der Waals surface area contributed by atoms with Crippen LogP contribution in [0.5, 0.6) is 0 Å². The van der Waals surface area contributed by atoms with Gasteiger partial charge in [-0.25, -0.2) is 4.98 Å². The van der Waals surface area contributed by atoms with E-state index in [0.717, 1.165) is 61.6 Å². The number of aromatic nitrogens is 1. The van der Waals surface area contributed by atoms with Crippen LogP contribution in [0.25, 0.3) is 27.7 Å². The van der Waals surface area contributed by atoms with Gasteiger partial charge in [0.25, 0.3) is 5.91 Å². The molecule has 4 aromatic rings. The maximum atomic E-state index is 14.5. The Hall–Kier alpha value is -3.61. The standard InChI is InChI=1S/C34H33BrN2O3/c1-3-24-9-7-8-12-27(24)29-19-23(21-39)15-16-34(29,17-18-38)37-33(40)31-22(2)32(25-10-5-4-6-11-25)36-30-14-13-26(35)20-28(30)31/h4-14,19-21,23,38H,3,15-18H2,1-2H3,(H,37,40). The van der Waals surface area contributed by atoms with Crippen molar-refractivity contribution in [3.63, 3.8) is 0 Å². The predicted octanol–water partition coefficient (Wildman–Crippen LogP) is 7.08. The molecular formula is C34H33BrN2O3. The fourth-order valence-electron chi connectivity index (χ4n) is 5.97. The van der Waals surface area contributed by atoms with Crippen molar-refractivity contribution in [1.29, 1.82) is 0 Å². The van der Waals surface area contributed by atoms with Gasteiger partial charge in [0.2, 0.25) is 0 Å². The summed E-state index contributed by atoms with van der Waals surface area (Å²) in [6.45, 7) is 3.94. The number of halogens is 1. The molecule has 40 heavy (non-hydrogen) atoms. The number of aliphatic hydroxyl groups is 1. The zero-order valence-corrected chi connectivity index (χ0v) is 24.4. The summed E-state index contributed by atoms with van der Waals surface area (Å²) in [7, 11) is 0. The number of amides is 1. The minimum atomic E-state index is -0.836. The Kier molecular flexibility index (Phi) is 8.29. The number of aryl methyl sites for hydroxylation is 1. The second kappa shape index (κ2) is 11.9. The maximum absolute atomic E-state index is 14.5. The number of aliphatic hydroxyl groups excluding tert-OH is 1. The smallest absolute Gasteiger partial charge is 0.253 e. The number of allylic oxidation sites excluding steroid dienone is 1. The van der Waals surface area contributed by atoms with Crippen LogP contribution in [0.15, 0.2) is 83.3 Å². The number of aldehydes is 1. The highest BCUT2D eigenvalue weighted by atomic mass is 79.9. The number of carbonyl (C=O) groups excluding carboxylic acids is 2. The molecule has 0 saturated heterocycles. The van der Waals surface area contributed by atoms with Crippen LogP contribution in [0.2, 0.25) is 0 Å². The van der Waals surface area contributed by atoms with Crippen molar-refractivity contribution in [1.82, 2.24) is 10.3 Å². The van der Waals surface area contributed by atoms with Gasteiger partial charge in [-0.15, -0.1) is 0 Å². The second-order valence-corrected chi connectivity index (χ2v) is 11.3. The molecule has 0 aliphatic heterocycles. The molecule has 0 saturated carbocycles. The first-order chi connectivity index (χ1) is 19.4. The summed E-state index contributed by atoms with van der Waals surface area (Å²) < 4.78 is 0.858. The van der Waals surface area contributed by atoms with Gasteiger partial charge in [-0.2, -0.15) is 0 Å². The summed E-state index contributed by atoms with van der Waals surface area (Å²) in [5, 5.41) is 14.4. The summed E-state index contributed by atoms with van der Waals surface area (Å²) in [4.78, 5) is 31.3. The van der Waals surface area contributed by atoms with Crippen LogP contribution in [0.1, 0.15) is 53.2 Å². The van der Waals surface area contributed by atoms with E-state index in [4.69, 9.17) is 4.98 Å². The first-order valence-corrected chi connectivity index (χ1v) is 14.5. The molecule has 0 radical (unpaired) electrons. The van der Waals surface area contributed by atoms with Gasteiger partial charge in [0, 0.05) is 27.9 Å². The lowest BCUT2D eigenvalue weighted by atomic mass is 9.71. The zero-order chi connectivity index (χ0) is 28.3. The highest BCUT2D eigenvalue weighted by Gasteiger charge is 2.41. The molecular weight excluding hydrogens is 564 g/mol. The summed E-state index contributed by atoms with van der Waals surface area (Å²) in [5.74, 6) is -0.467. The number of hydrogen-bond donors (Lipinski definition) is 2. The normalized spacial score (nSPS) is 18.8. The third-order valence-corrected chi connectivity index (χ3v) is 8.51. The van der Waals surface area contributed by atoms with Crippen LogP contribution in [0, 0.1) is 12.8 Å². The Morgan fingerprint density at radius 2 is 1.88 bits per heavy atom. The van der Waals surface area contributed by atoms with E-state index in [1.54, 1.807) is 0 Å². The van der Waals surface area contributed by atoms with Crippen LogP contribution in [0.3, 0.4) is 0 Å². The molecule has 1 aliphatic rings. The number of pyridine rings is 1. The second-order valence-electron chi connectivity index (χ2n) is 10.4. The Bertz CT molecular complexity index is 1600. The van der Waals surface area contributed by atoms with Crippen molar-refractivity contribution in [2.45, 2.75) is 45.1 Å². The molecule has 2 N–H and O–H groups in total. The lowest BCUT2D eigenvalue weighted by molar-refractivity contribution is -0.110. The number of nitrogens with zero attached hydrogens (tertiary/aromatic N) is 1. The molecule has 0 bridgehead atoms. The van der Waals surface area contributed by atoms with Gasteiger partial charge in [0.05, 0.1) is 22.3 Å². The molecule has 1 aliphatic carbocycles.